The van der Waals surface area contributed by atoms with Crippen LogP contribution in [0.5, 0.6) is 5.75 Å². The molecule has 0 aliphatic carbocycles. The largest absolute Gasteiger partial charge is 0.495 e. The first-order chi connectivity index (χ1) is 12.8. The number of nitrogens with zero attached hydrogens (tertiary/aromatic N) is 1. The first-order valence-electron chi connectivity index (χ1n) is 8.34. The molecule has 1 aliphatic heterocycles. The highest BCUT2D eigenvalue weighted by molar-refractivity contribution is 7.86. The van der Waals surface area contributed by atoms with E-state index in [0.29, 0.717) is 11.1 Å². The molecule has 0 N–H and O–H groups in total. The van der Waals surface area contributed by atoms with Gasteiger partial charge in [0, 0.05) is 6.54 Å². The van der Waals surface area contributed by atoms with E-state index in [-0.39, 0.29) is 42.0 Å². The van der Waals surface area contributed by atoms with Crippen LogP contribution in [0.15, 0.2) is 47.4 Å². The molecule has 3 rings (SSSR count). The summed E-state index contributed by atoms with van der Waals surface area (Å²) in [5, 5.41) is 0. The number of rotatable bonds is 7. The summed E-state index contributed by atoms with van der Waals surface area (Å²) in [6.07, 6.45) is 0.193. The minimum absolute atomic E-state index is 0.0502. The normalized spacial score (nSPS) is 13.8. The minimum Gasteiger partial charge on any atom is -0.495 e. The van der Waals surface area contributed by atoms with Crippen molar-refractivity contribution in [3.05, 3.63) is 59.2 Å². The maximum absolute atomic E-state index is 12.4. The third-order valence-electron chi connectivity index (χ3n) is 4.23. The molecular weight excluding hydrogens is 370 g/mol. The summed E-state index contributed by atoms with van der Waals surface area (Å²) >= 11 is 0. The van der Waals surface area contributed by atoms with E-state index in [0.717, 1.165) is 10.5 Å². The Morgan fingerprint density at radius 1 is 1.00 bits per heavy atom. The van der Waals surface area contributed by atoms with Crippen molar-refractivity contribution in [2.45, 2.75) is 18.2 Å². The highest BCUT2D eigenvalue weighted by Crippen LogP contribution is 2.27. The van der Waals surface area contributed by atoms with Gasteiger partial charge in [0.15, 0.2) is 0 Å². The fraction of sp³-hybridized carbons (Fsp3) is 0.263. The van der Waals surface area contributed by atoms with E-state index in [1.54, 1.807) is 43.3 Å². The van der Waals surface area contributed by atoms with Crippen LogP contribution in [0.25, 0.3) is 0 Å². The molecule has 0 atom stereocenters. The highest BCUT2D eigenvalue weighted by Gasteiger charge is 2.34. The maximum Gasteiger partial charge on any atom is 0.300 e. The van der Waals surface area contributed by atoms with Gasteiger partial charge >= 0.3 is 10.1 Å². The number of aryl methyl sites for hydroxylation is 1. The number of carbonyl (C=O) groups is 2. The molecule has 8 heteroatoms. The number of hydrogen-bond acceptors (Lipinski definition) is 6. The Morgan fingerprint density at radius 2 is 1.63 bits per heavy atom. The number of hydrogen-bond donors (Lipinski definition) is 0. The van der Waals surface area contributed by atoms with Gasteiger partial charge in [0.05, 0.1) is 24.8 Å². The second-order valence-corrected chi connectivity index (χ2v) is 7.68. The van der Waals surface area contributed by atoms with Crippen molar-refractivity contribution in [1.29, 1.82) is 0 Å². The molecule has 0 saturated heterocycles. The lowest BCUT2D eigenvalue weighted by molar-refractivity contribution is 0.0647. The number of fused-ring (bicyclic) bond motifs is 1. The van der Waals surface area contributed by atoms with Crippen molar-refractivity contribution >= 4 is 21.9 Å². The van der Waals surface area contributed by atoms with Crippen LogP contribution in [0.1, 0.15) is 32.7 Å². The number of benzene rings is 2. The van der Waals surface area contributed by atoms with Gasteiger partial charge < -0.3 is 4.74 Å². The van der Waals surface area contributed by atoms with Crippen LogP contribution in [0, 0.1) is 6.92 Å². The lowest BCUT2D eigenvalue weighted by atomic mass is 10.1. The Labute approximate surface area is 157 Å². The molecule has 2 aromatic carbocycles. The zero-order valence-corrected chi connectivity index (χ0v) is 15.8. The molecule has 0 saturated carbocycles. The number of amides is 2. The van der Waals surface area contributed by atoms with E-state index in [1.807, 2.05) is 0 Å². The quantitative estimate of drug-likeness (QED) is 0.410. The van der Waals surface area contributed by atoms with Gasteiger partial charge in [-0.2, -0.15) is 8.42 Å². The van der Waals surface area contributed by atoms with Crippen LogP contribution < -0.4 is 4.74 Å². The van der Waals surface area contributed by atoms with E-state index in [2.05, 4.69) is 0 Å². The van der Waals surface area contributed by atoms with Crippen LogP contribution in [-0.4, -0.2) is 45.4 Å². The Morgan fingerprint density at radius 3 is 2.22 bits per heavy atom. The first-order valence-corrected chi connectivity index (χ1v) is 9.75. The summed E-state index contributed by atoms with van der Waals surface area (Å²) in [6, 6.07) is 11.3. The average Bonchev–Trinajstić information content (AvgIpc) is 2.90. The topological polar surface area (TPSA) is 90.0 Å². The molecule has 0 unspecified atom stereocenters. The Hall–Kier alpha value is -2.71. The molecule has 7 nitrogen and oxygen atoms in total. The van der Waals surface area contributed by atoms with E-state index in [9.17, 15) is 18.0 Å². The van der Waals surface area contributed by atoms with Gasteiger partial charge in [-0.25, -0.2) is 0 Å². The van der Waals surface area contributed by atoms with Crippen LogP contribution in [-0.2, 0) is 14.3 Å². The van der Waals surface area contributed by atoms with Crippen molar-refractivity contribution in [3.63, 3.8) is 0 Å². The molecular formula is C19H19NO6S. The van der Waals surface area contributed by atoms with Crippen molar-refractivity contribution < 1.29 is 26.9 Å². The van der Waals surface area contributed by atoms with Gasteiger partial charge in [0.1, 0.15) is 10.6 Å². The molecule has 27 heavy (non-hydrogen) atoms. The Balaban J connectivity index is 1.62. The highest BCUT2D eigenvalue weighted by atomic mass is 32.2. The van der Waals surface area contributed by atoms with Gasteiger partial charge in [-0.15, -0.1) is 0 Å². The molecule has 2 amide bonds. The predicted octanol–water partition coefficient (Wildman–Crippen LogP) is 2.40. The molecule has 0 fully saturated rings. The zero-order chi connectivity index (χ0) is 19.6. The van der Waals surface area contributed by atoms with Crippen LogP contribution in [0.2, 0.25) is 0 Å². The monoisotopic (exact) mass is 389 g/mol. The number of ether oxygens (including phenoxy) is 1. The molecule has 0 radical (unpaired) electrons. The van der Waals surface area contributed by atoms with Gasteiger partial charge in [0.2, 0.25) is 0 Å². The summed E-state index contributed by atoms with van der Waals surface area (Å²) in [7, 11) is -2.63. The van der Waals surface area contributed by atoms with Crippen LogP contribution in [0.4, 0.5) is 0 Å². The lowest BCUT2D eigenvalue weighted by Crippen LogP contribution is -2.31. The molecule has 1 heterocycles. The van der Waals surface area contributed by atoms with Crippen molar-refractivity contribution in [3.8, 4) is 5.75 Å². The van der Waals surface area contributed by atoms with Crippen LogP contribution in [0.3, 0.4) is 0 Å². The van der Waals surface area contributed by atoms with Crippen LogP contribution >= 0.6 is 0 Å². The molecule has 142 valence electrons. The zero-order valence-electron chi connectivity index (χ0n) is 15.0. The van der Waals surface area contributed by atoms with Gasteiger partial charge in [-0.1, -0.05) is 18.2 Å². The summed E-state index contributed by atoms with van der Waals surface area (Å²) in [5.74, 6) is -0.557. The second-order valence-electron chi connectivity index (χ2n) is 6.09. The summed E-state index contributed by atoms with van der Waals surface area (Å²) < 4.78 is 35.0. The number of imide groups is 1. The molecule has 2 aromatic rings. The SMILES string of the molecule is COc1ccc(C)cc1S(=O)(=O)OCCCN1C(=O)c2ccccc2C1=O. The first kappa shape index (κ1) is 19.1. The van der Waals surface area contributed by atoms with Gasteiger partial charge in [-0.05, 0) is 43.2 Å². The smallest absolute Gasteiger partial charge is 0.300 e. The van der Waals surface area contributed by atoms with E-state index < -0.39 is 10.1 Å². The molecule has 0 aromatic heterocycles. The van der Waals surface area contributed by atoms with Gasteiger partial charge in [0.25, 0.3) is 11.8 Å². The summed E-state index contributed by atoms with van der Waals surface area (Å²) in [5.41, 5.74) is 1.48. The lowest BCUT2D eigenvalue weighted by Gasteiger charge is -2.14. The van der Waals surface area contributed by atoms with Crippen molar-refractivity contribution in [1.82, 2.24) is 4.90 Å². The summed E-state index contributed by atoms with van der Waals surface area (Å²) in [4.78, 5) is 25.6. The Bertz CT molecular complexity index is 964. The van der Waals surface area contributed by atoms with E-state index in [1.165, 1.54) is 13.2 Å². The maximum atomic E-state index is 12.4. The van der Waals surface area contributed by atoms with Gasteiger partial charge in [-0.3, -0.25) is 18.7 Å². The van der Waals surface area contributed by atoms with Crippen molar-refractivity contribution in [2.75, 3.05) is 20.3 Å². The molecule has 0 bridgehead atoms. The third-order valence-corrected chi connectivity index (χ3v) is 5.57. The number of methoxy groups -OCH3 is 1. The fourth-order valence-electron chi connectivity index (χ4n) is 2.88. The summed E-state index contributed by atoms with van der Waals surface area (Å²) in [6.45, 7) is 1.68. The fourth-order valence-corrected chi connectivity index (χ4v) is 4.07. The predicted molar refractivity (Wildman–Crippen MR) is 97.3 cm³/mol. The Kier molecular flexibility index (Phi) is 5.29. The minimum atomic E-state index is -4.02. The molecule has 0 spiro atoms. The third kappa shape index (κ3) is 3.72. The number of carbonyl (C=O) groups excluding carboxylic acids is 2. The average molecular weight is 389 g/mol. The van der Waals surface area contributed by atoms with E-state index >= 15 is 0 Å². The van der Waals surface area contributed by atoms with Crippen molar-refractivity contribution in [2.24, 2.45) is 0 Å². The second kappa shape index (κ2) is 7.50. The molecule has 1 aliphatic rings. The van der Waals surface area contributed by atoms with E-state index in [4.69, 9.17) is 8.92 Å². The standard InChI is InChI=1S/C19H19NO6S/c1-13-8-9-16(25-2)17(12-13)27(23,24)26-11-5-10-20-18(21)14-6-3-4-7-15(14)19(20)22/h3-4,6-9,12H,5,10-11H2,1-2H3.